The van der Waals surface area contributed by atoms with Crippen LogP contribution in [0.4, 0.5) is 0 Å². The van der Waals surface area contributed by atoms with Crippen molar-refractivity contribution in [1.29, 1.82) is 0 Å². The summed E-state index contributed by atoms with van der Waals surface area (Å²) in [5.74, 6) is 4.66. The van der Waals surface area contributed by atoms with E-state index < -0.39 is 0 Å². The average molecular weight is 268 g/mol. The molecule has 3 unspecified atom stereocenters. The molecule has 0 amide bonds. The van der Waals surface area contributed by atoms with E-state index in [1.807, 2.05) is 0 Å². The number of nitrogens with two attached hydrogens (primary N) is 1. The van der Waals surface area contributed by atoms with Crippen molar-refractivity contribution in [3.63, 3.8) is 0 Å². The van der Waals surface area contributed by atoms with Crippen LogP contribution in [0.3, 0.4) is 0 Å². The van der Waals surface area contributed by atoms with Gasteiger partial charge in [0.05, 0.1) is 0 Å². The number of hydrogen-bond donors (Lipinski definition) is 1. The Kier molecular flexibility index (Phi) is 3.93. The SMILES string of the molecule is CC1CSCCN1C1(CN)CCCC(C2CC2)C1. The molecular weight excluding hydrogens is 240 g/mol. The van der Waals surface area contributed by atoms with Gasteiger partial charge in [-0.25, -0.2) is 0 Å². The Morgan fingerprint density at radius 3 is 2.78 bits per heavy atom. The van der Waals surface area contributed by atoms with Gasteiger partial charge in [-0.15, -0.1) is 0 Å². The predicted molar refractivity (Wildman–Crippen MR) is 80.0 cm³/mol. The molecule has 3 heteroatoms. The maximum Gasteiger partial charge on any atom is 0.0337 e. The van der Waals surface area contributed by atoms with Crippen molar-refractivity contribution in [2.24, 2.45) is 17.6 Å². The highest BCUT2D eigenvalue weighted by atomic mass is 32.2. The minimum Gasteiger partial charge on any atom is -0.329 e. The minimum absolute atomic E-state index is 0.353. The van der Waals surface area contributed by atoms with Crippen molar-refractivity contribution < 1.29 is 0 Å². The maximum absolute atomic E-state index is 6.27. The molecule has 1 heterocycles. The van der Waals surface area contributed by atoms with Gasteiger partial charge in [-0.05, 0) is 44.4 Å². The van der Waals surface area contributed by atoms with Crippen LogP contribution >= 0.6 is 11.8 Å². The van der Waals surface area contributed by atoms with Crippen molar-refractivity contribution in [3.05, 3.63) is 0 Å². The molecule has 3 rings (SSSR count). The van der Waals surface area contributed by atoms with Gasteiger partial charge in [-0.1, -0.05) is 12.8 Å². The second-order valence-corrected chi connectivity index (χ2v) is 7.89. The van der Waals surface area contributed by atoms with Gasteiger partial charge < -0.3 is 5.73 Å². The molecule has 104 valence electrons. The third-order valence-electron chi connectivity index (χ3n) is 5.50. The number of rotatable bonds is 3. The van der Waals surface area contributed by atoms with Crippen molar-refractivity contribution in [1.82, 2.24) is 4.90 Å². The van der Waals surface area contributed by atoms with Crippen LogP contribution in [0, 0.1) is 11.8 Å². The molecule has 0 radical (unpaired) electrons. The lowest BCUT2D eigenvalue weighted by Crippen LogP contribution is -2.61. The van der Waals surface area contributed by atoms with Gasteiger partial charge in [0, 0.05) is 36.2 Å². The van der Waals surface area contributed by atoms with Gasteiger partial charge in [-0.2, -0.15) is 11.8 Å². The molecule has 1 aliphatic heterocycles. The molecule has 2 saturated carbocycles. The molecule has 2 nitrogen and oxygen atoms in total. The molecule has 0 aromatic carbocycles. The summed E-state index contributed by atoms with van der Waals surface area (Å²) in [6.45, 7) is 4.55. The Bertz CT molecular complexity index is 292. The molecule has 0 aromatic heterocycles. The van der Waals surface area contributed by atoms with Crippen LogP contribution in [0.2, 0.25) is 0 Å². The molecule has 0 aromatic rings. The lowest BCUT2D eigenvalue weighted by molar-refractivity contribution is 0.0120. The van der Waals surface area contributed by atoms with Crippen LogP contribution in [0.25, 0.3) is 0 Å². The maximum atomic E-state index is 6.27. The monoisotopic (exact) mass is 268 g/mol. The van der Waals surface area contributed by atoms with Crippen LogP contribution in [0.1, 0.15) is 45.4 Å². The lowest BCUT2D eigenvalue weighted by atomic mass is 9.72. The van der Waals surface area contributed by atoms with E-state index in [-0.39, 0.29) is 0 Å². The van der Waals surface area contributed by atoms with E-state index in [0.29, 0.717) is 5.54 Å². The van der Waals surface area contributed by atoms with Gasteiger partial charge in [0.2, 0.25) is 0 Å². The van der Waals surface area contributed by atoms with Crippen LogP contribution in [-0.4, -0.2) is 41.1 Å². The Labute approximate surface area is 116 Å². The van der Waals surface area contributed by atoms with E-state index >= 15 is 0 Å². The largest absolute Gasteiger partial charge is 0.329 e. The zero-order chi connectivity index (χ0) is 12.6. The van der Waals surface area contributed by atoms with E-state index in [4.69, 9.17) is 5.73 Å². The average Bonchev–Trinajstić information content (AvgIpc) is 3.23. The smallest absolute Gasteiger partial charge is 0.0337 e. The van der Waals surface area contributed by atoms with Gasteiger partial charge in [-0.3, -0.25) is 4.90 Å². The summed E-state index contributed by atoms with van der Waals surface area (Å²) in [7, 11) is 0. The standard InChI is InChI=1S/C15H28N2S/c1-12-10-18-8-7-17(12)15(11-16)6-2-3-14(9-15)13-4-5-13/h12-14H,2-11,16H2,1H3. The first kappa shape index (κ1) is 13.3. The van der Waals surface area contributed by atoms with Crippen molar-refractivity contribution >= 4 is 11.8 Å². The molecule has 1 saturated heterocycles. The Hall–Kier alpha value is 0.270. The Morgan fingerprint density at radius 1 is 1.28 bits per heavy atom. The van der Waals surface area contributed by atoms with Crippen LogP contribution in [-0.2, 0) is 0 Å². The molecule has 18 heavy (non-hydrogen) atoms. The van der Waals surface area contributed by atoms with Crippen molar-refractivity contribution in [3.8, 4) is 0 Å². The summed E-state index contributed by atoms with van der Waals surface area (Å²) in [4.78, 5) is 2.79. The highest BCUT2D eigenvalue weighted by molar-refractivity contribution is 7.99. The highest BCUT2D eigenvalue weighted by Gasteiger charge is 2.46. The van der Waals surface area contributed by atoms with E-state index in [2.05, 4.69) is 23.6 Å². The molecule has 2 aliphatic carbocycles. The van der Waals surface area contributed by atoms with Crippen LogP contribution in [0.15, 0.2) is 0 Å². The molecule has 2 N–H and O–H groups in total. The third kappa shape index (κ3) is 2.46. The van der Waals surface area contributed by atoms with E-state index in [9.17, 15) is 0 Å². The van der Waals surface area contributed by atoms with E-state index in [1.165, 1.54) is 56.6 Å². The summed E-state index contributed by atoms with van der Waals surface area (Å²) in [6.07, 6.45) is 8.62. The Morgan fingerprint density at radius 2 is 2.11 bits per heavy atom. The fourth-order valence-corrected chi connectivity index (χ4v) is 5.36. The summed E-state index contributed by atoms with van der Waals surface area (Å²) >= 11 is 2.12. The highest BCUT2D eigenvalue weighted by Crippen LogP contribution is 2.48. The van der Waals surface area contributed by atoms with Gasteiger partial charge in [0.25, 0.3) is 0 Å². The van der Waals surface area contributed by atoms with E-state index in [0.717, 1.165) is 24.4 Å². The van der Waals surface area contributed by atoms with Gasteiger partial charge in [0.15, 0.2) is 0 Å². The second-order valence-electron chi connectivity index (χ2n) is 6.74. The Balaban J connectivity index is 1.74. The minimum atomic E-state index is 0.353. The number of hydrogen-bond acceptors (Lipinski definition) is 3. The van der Waals surface area contributed by atoms with E-state index in [1.54, 1.807) is 0 Å². The zero-order valence-electron chi connectivity index (χ0n) is 11.7. The summed E-state index contributed by atoms with van der Waals surface area (Å²) in [5.41, 5.74) is 6.62. The first-order valence-corrected chi connectivity index (χ1v) is 8.95. The lowest BCUT2D eigenvalue weighted by Gasteiger charge is -2.52. The molecule has 3 atom stereocenters. The normalized spacial score (nSPS) is 43.0. The van der Waals surface area contributed by atoms with Gasteiger partial charge in [0.1, 0.15) is 0 Å². The quantitative estimate of drug-likeness (QED) is 0.853. The molecule has 3 fully saturated rings. The molecule has 0 bridgehead atoms. The first-order chi connectivity index (χ1) is 8.75. The van der Waals surface area contributed by atoms with Crippen LogP contribution < -0.4 is 5.73 Å². The number of nitrogens with zero attached hydrogens (tertiary/aromatic N) is 1. The first-order valence-electron chi connectivity index (χ1n) is 7.80. The van der Waals surface area contributed by atoms with Crippen molar-refractivity contribution in [2.75, 3.05) is 24.6 Å². The number of thioether (sulfide) groups is 1. The molecule has 3 aliphatic rings. The summed E-state index contributed by atoms with van der Waals surface area (Å²) < 4.78 is 0. The zero-order valence-corrected chi connectivity index (χ0v) is 12.6. The third-order valence-corrected chi connectivity index (χ3v) is 6.69. The fourth-order valence-electron chi connectivity index (χ4n) is 4.35. The molecular formula is C15H28N2S. The van der Waals surface area contributed by atoms with Crippen LogP contribution in [0.5, 0.6) is 0 Å². The molecule has 0 spiro atoms. The fraction of sp³-hybridized carbons (Fsp3) is 1.00. The summed E-state index contributed by atoms with van der Waals surface area (Å²) in [5, 5.41) is 0. The second kappa shape index (κ2) is 5.34. The topological polar surface area (TPSA) is 29.3 Å². The summed E-state index contributed by atoms with van der Waals surface area (Å²) in [6, 6.07) is 0.727. The predicted octanol–water partition coefficient (Wildman–Crippen LogP) is 2.72. The van der Waals surface area contributed by atoms with Crippen molar-refractivity contribution in [2.45, 2.75) is 57.0 Å². The van der Waals surface area contributed by atoms with Gasteiger partial charge >= 0.3 is 0 Å².